The molecular weight excluding hydrogens is 240 g/mol. The van der Waals surface area contributed by atoms with Gasteiger partial charge in [-0.3, -0.25) is 5.10 Å². The third-order valence-electron chi connectivity index (χ3n) is 3.45. The molecule has 0 atom stereocenters. The number of aromatic nitrogens is 2. The van der Waals surface area contributed by atoms with Gasteiger partial charge in [-0.1, -0.05) is 32.0 Å². The lowest BCUT2D eigenvalue weighted by molar-refractivity contribution is 0.0690. The second-order valence-electron chi connectivity index (χ2n) is 4.61. The number of carbonyl (C=O) groups is 1. The van der Waals surface area contributed by atoms with Crippen LogP contribution in [0.15, 0.2) is 30.3 Å². The van der Waals surface area contributed by atoms with Gasteiger partial charge in [0.1, 0.15) is 5.69 Å². The van der Waals surface area contributed by atoms with E-state index in [1.54, 1.807) is 6.07 Å². The smallest absolute Gasteiger partial charge is 0.353 e. The molecule has 0 aliphatic heterocycles. The monoisotopic (exact) mass is 258 g/mol. The minimum atomic E-state index is -0.991. The quantitative estimate of drug-likeness (QED) is 0.859. The number of benzene rings is 1. The Labute approximate surface area is 112 Å². The van der Waals surface area contributed by atoms with E-state index in [0.29, 0.717) is 11.6 Å². The molecule has 0 radical (unpaired) electrons. The van der Waals surface area contributed by atoms with E-state index in [1.165, 1.54) is 5.56 Å². The Morgan fingerprint density at radius 1 is 1.32 bits per heavy atom. The molecule has 0 saturated heterocycles. The van der Waals surface area contributed by atoms with Crippen LogP contribution in [0.4, 0.5) is 0 Å². The third kappa shape index (κ3) is 2.84. The molecule has 0 aliphatic rings. The number of carboxylic acids is 1. The average Bonchev–Trinajstić information content (AvgIpc) is 2.90. The second-order valence-corrected chi connectivity index (χ2v) is 4.61. The van der Waals surface area contributed by atoms with Crippen molar-refractivity contribution in [3.8, 4) is 11.3 Å². The fourth-order valence-corrected chi connectivity index (χ4v) is 2.29. The molecule has 2 aromatic rings. The predicted octanol–water partition coefficient (Wildman–Crippen LogP) is 3.68. The number of hydrogen-bond acceptors (Lipinski definition) is 2. The van der Waals surface area contributed by atoms with Crippen LogP contribution in [0.3, 0.4) is 0 Å². The van der Waals surface area contributed by atoms with E-state index in [9.17, 15) is 4.79 Å². The maximum Gasteiger partial charge on any atom is 0.353 e. The molecule has 0 fully saturated rings. The molecule has 0 amide bonds. The summed E-state index contributed by atoms with van der Waals surface area (Å²) in [7, 11) is 0. The van der Waals surface area contributed by atoms with Gasteiger partial charge < -0.3 is 5.11 Å². The van der Waals surface area contributed by atoms with Gasteiger partial charge in [-0.2, -0.15) is 5.10 Å². The third-order valence-corrected chi connectivity index (χ3v) is 3.45. The van der Waals surface area contributed by atoms with Crippen LogP contribution in [-0.2, 0) is 0 Å². The number of aromatic carboxylic acids is 1. The lowest BCUT2D eigenvalue weighted by atomic mass is 9.92. The number of nitrogens with zero attached hydrogens (tertiary/aromatic N) is 1. The highest BCUT2D eigenvalue weighted by atomic mass is 16.4. The number of carboxylic acid groups (broad SMARTS) is 1. The summed E-state index contributed by atoms with van der Waals surface area (Å²) in [6, 6.07) is 9.73. The molecule has 4 nitrogen and oxygen atoms in total. The van der Waals surface area contributed by atoms with Gasteiger partial charge in [-0.05, 0) is 36.5 Å². The van der Waals surface area contributed by atoms with Crippen LogP contribution in [0, 0.1) is 0 Å². The van der Waals surface area contributed by atoms with Gasteiger partial charge >= 0.3 is 5.97 Å². The minimum Gasteiger partial charge on any atom is -0.477 e. The van der Waals surface area contributed by atoms with Crippen molar-refractivity contribution in [2.24, 2.45) is 0 Å². The summed E-state index contributed by atoms with van der Waals surface area (Å²) in [5, 5.41) is 15.5. The summed E-state index contributed by atoms with van der Waals surface area (Å²) in [4.78, 5) is 10.8. The summed E-state index contributed by atoms with van der Waals surface area (Å²) >= 11 is 0. The van der Waals surface area contributed by atoms with Gasteiger partial charge in [0.15, 0.2) is 0 Å². The second kappa shape index (κ2) is 5.69. The van der Waals surface area contributed by atoms with Gasteiger partial charge in [0, 0.05) is 5.56 Å². The van der Waals surface area contributed by atoms with Crippen LogP contribution in [-0.4, -0.2) is 21.3 Å². The zero-order chi connectivity index (χ0) is 13.8. The van der Waals surface area contributed by atoms with Crippen molar-refractivity contribution >= 4 is 5.97 Å². The van der Waals surface area contributed by atoms with Crippen molar-refractivity contribution in [2.75, 3.05) is 0 Å². The summed E-state index contributed by atoms with van der Waals surface area (Å²) in [5.74, 6) is -0.451. The molecular formula is C15H18N2O2. The number of aromatic amines is 1. The maximum atomic E-state index is 10.8. The van der Waals surface area contributed by atoms with Crippen LogP contribution < -0.4 is 0 Å². The number of H-pyrrole nitrogens is 1. The summed E-state index contributed by atoms with van der Waals surface area (Å²) in [6.07, 6.45) is 2.20. The molecule has 0 bridgehead atoms. The Morgan fingerprint density at radius 3 is 2.63 bits per heavy atom. The molecule has 0 aliphatic carbocycles. The number of hydrogen-bond donors (Lipinski definition) is 2. The standard InChI is InChI=1S/C15H18N2O2/c1-3-10(4-2)11-6-5-7-12(8-11)13-9-14(15(18)19)17-16-13/h5-10H,3-4H2,1-2H3,(H,16,17)(H,18,19). The molecule has 1 heterocycles. The first-order chi connectivity index (χ1) is 9.15. The first-order valence-electron chi connectivity index (χ1n) is 6.54. The molecule has 100 valence electrons. The molecule has 4 heteroatoms. The zero-order valence-corrected chi connectivity index (χ0v) is 11.2. The van der Waals surface area contributed by atoms with Crippen molar-refractivity contribution in [2.45, 2.75) is 32.6 Å². The van der Waals surface area contributed by atoms with Gasteiger partial charge in [0.2, 0.25) is 0 Å². The van der Waals surface area contributed by atoms with E-state index in [0.717, 1.165) is 18.4 Å². The van der Waals surface area contributed by atoms with E-state index >= 15 is 0 Å². The van der Waals surface area contributed by atoms with Gasteiger partial charge in [-0.15, -0.1) is 0 Å². The molecule has 2 N–H and O–H groups in total. The van der Waals surface area contributed by atoms with Gasteiger partial charge in [0.05, 0.1) is 5.69 Å². The van der Waals surface area contributed by atoms with Crippen molar-refractivity contribution < 1.29 is 9.90 Å². The van der Waals surface area contributed by atoms with E-state index in [1.807, 2.05) is 12.1 Å². The van der Waals surface area contributed by atoms with Crippen molar-refractivity contribution in [3.63, 3.8) is 0 Å². The molecule has 19 heavy (non-hydrogen) atoms. The molecule has 2 rings (SSSR count). The van der Waals surface area contributed by atoms with E-state index in [2.05, 4.69) is 36.2 Å². The van der Waals surface area contributed by atoms with Crippen LogP contribution in [0.5, 0.6) is 0 Å². The Hall–Kier alpha value is -2.10. The topological polar surface area (TPSA) is 66.0 Å². The normalized spacial score (nSPS) is 10.9. The minimum absolute atomic E-state index is 0.114. The summed E-state index contributed by atoms with van der Waals surface area (Å²) in [5.41, 5.74) is 3.02. The number of rotatable bonds is 5. The van der Waals surface area contributed by atoms with Crippen LogP contribution in [0.1, 0.15) is 48.7 Å². The Bertz CT molecular complexity index is 571. The van der Waals surface area contributed by atoms with Crippen LogP contribution >= 0.6 is 0 Å². The summed E-state index contributed by atoms with van der Waals surface area (Å²) < 4.78 is 0. The van der Waals surface area contributed by atoms with Crippen LogP contribution in [0.2, 0.25) is 0 Å². The van der Waals surface area contributed by atoms with Crippen molar-refractivity contribution in [3.05, 3.63) is 41.6 Å². The van der Waals surface area contributed by atoms with Crippen LogP contribution in [0.25, 0.3) is 11.3 Å². The van der Waals surface area contributed by atoms with E-state index in [4.69, 9.17) is 5.11 Å². The van der Waals surface area contributed by atoms with Gasteiger partial charge in [-0.25, -0.2) is 4.79 Å². The van der Waals surface area contributed by atoms with E-state index < -0.39 is 5.97 Å². The van der Waals surface area contributed by atoms with Crippen molar-refractivity contribution in [1.82, 2.24) is 10.2 Å². The predicted molar refractivity (Wildman–Crippen MR) is 74.3 cm³/mol. The van der Waals surface area contributed by atoms with Crippen molar-refractivity contribution in [1.29, 1.82) is 0 Å². The SMILES string of the molecule is CCC(CC)c1cccc(-c2cc(C(=O)O)[nH]n2)c1. The lowest BCUT2D eigenvalue weighted by Crippen LogP contribution is -1.95. The molecule has 0 unspecified atom stereocenters. The Balaban J connectivity index is 2.34. The molecule has 1 aromatic heterocycles. The first-order valence-corrected chi connectivity index (χ1v) is 6.54. The maximum absolute atomic E-state index is 10.8. The Morgan fingerprint density at radius 2 is 2.05 bits per heavy atom. The van der Waals surface area contributed by atoms with Gasteiger partial charge in [0.25, 0.3) is 0 Å². The molecule has 0 spiro atoms. The Kier molecular flexibility index (Phi) is 4.00. The number of nitrogens with one attached hydrogen (secondary N) is 1. The molecule has 0 saturated carbocycles. The zero-order valence-electron chi connectivity index (χ0n) is 11.2. The van der Waals surface area contributed by atoms with E-state index in [-0.39, 0.29) is 5.69 Å². The fraction of sp³-hybridized carbons (Fsp3) is 0.333. The largest absolute Gasteiger partial charge is 0.477 e. The first kappa shape index (κ1) is 13.3. The molecule has 1 aromatic carbocycles. The summed E-state index contributed by atoms with van der Waals surface area (Å²) in [6.45, 7) is 4.36. The fourth-order valence-electron chi connectivity index (χ4n) is 2.29. The highest BCUT2D eigenvalue weighted by molar-refractivity contribution is 5.86. The highest BCUT2D eigenvalue weighted by Crippen LogP contribution is 2.27. The highest BCUT2D eigenvalue weighted by Gasteiger charge is 2.11. The lowest BCUT2D eigenvalue weighted by Gasteiger charge is -2.13. The average molecular weight is 258 g/mol.